The number of benzene rings is 1. The van der Waals surface area contributed by atoms with Crippen LogP contribution in [0.25, 0.3) is 0 Å². The highest BCUT2D eigenvalue weighted by Crippen LogP contribution is 2.21. The minimum Gasteiger partial charge on any atom is -0.293 e. The van der Waals surface area contributed by atoms with Crippen LogP contribution in [0, 0.1) is 6.92 Å². The summed E-state index contributed by atoms with van der Waals surface area (Å²) in [6.45, 7) is 2.04. The SMILES string of the molecule is Cc1ccc(CC(=O)c2cc(Br)cs2)cc1. The third-order valence-corrected chi connectivity index (χ3v) is 4.06. The molecule has 0 saturated heterocycles. The second kappa shape index (κ2) is 4.93. The van der Waals surface area contributed by atoms with E-state index in [0.717, 1.165) is 14.9 Å². The molecule has 82 valence electrons. The van der Waals surface area contributed by atoms with E-state index in [-0.39, 0.29) is 5.78 Å². The summed E-state index contributed by atoms with van der Waals surface area (Å²) in [6.07, 6.45) is 0.479. The molecule has 0 aliphatic rings. The van der Waals surface area contributed by atoms with Gasteiger partial charge >= 0.3 is 0 Å². The van der Waals surface area contributed by atoms with Gasteiger partial charge in [-0.15, -0.1) is 11.3 Å². The van der Waals surface area contributed by atoms with Crippen molar-refractivity contribution in [2.45, 2.75) is 13.3 Å². The molecule has 0 aliphatic heterocycles. The van der Waals surface area contributed by atoms with E-state index in [9.17, 15) is 4.79 Å². The fourth-order valence-electron chi connectivity index (χ4n) is 1.44. The molecule has 0 radical (unpaired) electrons. The maximum Gasteiger partial charge on any atom is 0.177 e. The van der Waals surface area contributed by atoms with Crippen LogP contribution in [-0.4, -0.2) is 5.78 Å². The van der Waals surface area contributed by atoms with Crippen molar-refractivity contribution in [2.24, 2.45) is 0 Å². The van der Waals surface area contributed by atoms with Crippen LogP contribution in [0.5, 0.6) is 0 Å². The molecule has 0 spiro atoms. The smallest absolute Gasteiger partial charge is 0.177 e. The molecule has 0 amide bonds. The van der Waals surface area contributed by atoms with E-state index >= 15 is 0 Å². The van der Waals surface area contributed by atoms with Crippen molar-refractivity contribution in [3.8, 4) is 0 Å². The molecular formula is C13H11BrOS. The van der Waals surface area contributed by atoms with E-state index in [1.807, 2.05) is 42.6 Å². The minimum atomic E-state index is 0.180. The van der Waals surface area contributed by atoms with Gasteiger partial charge in [-0.2, -0.15) is 0 Å². The van der Waals surface area contributed by atoms with Crippen molar-refractivity contribution in [2.75, 3.05) is 0 Å². The Kier molecular flexibility index (Phi) is 3.56. The Labute approximate surface area is 107 Å². The second-order valence-electron chi connectivity index (χ2n) is 3.71. The van der Waals surface area contributed by atoms with Crippen LogP contribution < -0.4 is 0 Å². The number of ketones is 1. The normalized spacial score (nSPS) is 10.4. The molecule has 1 heterocycles. The molecule has 1 nitrogen and oxygen atoms in total. The van der Waals surface area contributed by atoms with Crippen molar-refractivity contribution in [1.29, 1.82) is 0 Å². The van der Waals surface area contributed by atoms with Crippen LogP contribution in [0.15, 0.2) is 40.2 Å². The van der Waals surface area contributed by atoms with Gasteiger partial charge in [0.15, 0.2) is 5.78 Å². The number of halogens is 1. The lowest BCUT2D eigenvalue weighted by Crippen LogP contribution is -2.00. The molecule has 0 saturated carbocycles. The molecule has 3 heteroatoms. The predicted molar refractivity (Wildman–Crippen MR) is 71.2 cm³/mol. The first-order valence-electron chi connectivity index (χ1n) is 4.98. The molecule has 0 unspecified atom stereocenters. The second-order valence-corrected chi connectivity index (χ2v) is 5.54. The maximum atomic E-state index is 11.9. The summed E-state index contributed by atoms with van der Waals surface area (Å²) in [5.41, 5.74) is 2.29. The van der Waals surface area contributed by atoms with Crippen LogP contribution in [0.4, 0.5) is 0 Å². The summed E-state index contributed by atoms with van der Waals surface area (Å²) >= 11 is 4.84. The number of hydrogen-bond acceptors (Lipinski definition) is 2. The Bertz CT molecular complexity index is 499. The van der Waals surface area contributed by atoms with Gasteiger partial charge in [0.1, 0.15) is 0 Å². The monoisotopic (exact) mass is 294 g/mol. The first kappa shape index (κ1) is 11.6. The van der Waals surface area contributed by atoms with Gasteiger partial charge in [0, 0.05) is 16.3 Å². The lowest BCUT2D eigenvalue weighted by atomic mass is 10.1. The van der Waals surface area contributed by atoms with Crippen molar-refractivity contribution >= 4 is 33.0 Å². The molecule has 2 aromatic rings. The van der Waals surface area contributed by atoms with Gasteiger partial charge in [0.2, 0.25) is 0 Å². The van der Waals surface area contributed by atoms with Crippen LogP contribution in [0.1, 0.15) is 20.8 Å². The highest BCUT2D eigenvalue weighted by molar-refractivity contribution is 9.10. The van der Waals surface area contributed by atoms with E-state index < -0.39 is 0 Å². The Hall–Kier alpha value is -0.930. The summed E-state index contributed by atoms with van der Waals surface area (Å²) in [4.78, 5) is 12.7. The molecule has 0 fully saturated rings. The number of carbonyl (C=O) groups excluding carboxylic acids is 1. The van der Waals surface area contributed by atoms with Crippen molar-refractivity contribution in [1.82, 2.24) is 0 Å². The van der Waals surface area contributed by atoms with Crippen LogP contribution in [0.3, 0.4) is 0 Å². The van der Waals surface area contributed by atoms with Gasteiger partial charge in [-0.25, -0.2) is 0 Å². The topological polar surface area (TPSA) is 17.1 Å². The van der Waals surface area contributed by atoms with Crippen molar-refractivity contribution in [3.05, 3.63) is 56.2 Å². The lowest BCUT2D eigenvalue weighted by molar-refractivity contribution is 0.0997. The fourth-order valence-corrected chi connectivity index (χ4v) is 2.80. The first-order valence-corrected chi connectivity index (χ1v) is 6.65. The number of aryl methyl sites for hydroxylation is 1. The van der Waals surface area contributed by atoms with Crippen molar-refractivity contribution < 1.29 is 4.79 Å². The van der Waals surface area contributed by atoms with Gasteiger partial charge in [0.05, 0.1) is 4.88 Å². The number of carbonyl (C=O) groups is 1. The van der Waals surface area contributed by atoms with Gasteiger partial charge < -0.3 is 0 Å². The largest absolute Gasteiger partial charge is 0.293 e. The fraction of sp³-hybridized carbons (Fsp3) is 0.154. The van der Waals surface area contributed by atoms with Gasteiger partial charge in [-0.05, 0) is 34.5 Å². The van der Waals surface area contributed by atoms with E-state index in [0.29, 0.717) is 6.42 Å². The Morgan fingerprint density at radius 2 is 2.00 bits per heavy atom. The molecule has 0 aliphatic carbocycles. The zero-order valence-electron chi connectivity index (χ0n) is 8.87. The predicted octanol–water partition coefficient (Wildman–Crippen LogP) is 4.24. The molecule has 2 rings (SSSR count). The molecule has 0 N–H and O–H groups in total. The number of rotatable bonds is 3. The Balaban J connectivity index is 2.10. The zero-order valence-corrected chi connectivity index (χ0v) is 11.3. The summed E-state index contributed by atoms with van der Waals surface area (Å²) in [6, 6.07) is 9.97. The molecule has 0 atom stereocenters. The quantitative estimate of drug-likeness (QED) is 0.774. The summed E-state index contributed by atoms with van der Waals surface area (Å²) in [5, 5.41) is 1.93. The highest BCUT2D eigenvalue weighted by Gasteiger charge is 2.09. The molecular weight excluding hydrogens is 284 g/mol. The first-order chi connectivity index (χ1) is 7.65. The summed E-state index contributed by atoms with van der Waals surface area (Å²) < 4.78 is 0.977. The average Bonchev–Trinajstić information content (AvgIpc) is 2.68. The lowest BCUT2D eigenvalue weighted by Gasteiger charge is -1.99. The number of hydrogen-bond donors (Lipinski definition) is 0. The van der Waals surface area contributed by atoms with Gasteiger partial charge in [-0.3, -0.25) is 4.79 Å². The number of Topliss-reactive ketones (excluding diaryl/α,β-unsaturated/α-hetero) is 1. The standard InChI is InChI=1S/C13H11BrOS/c1-9-2-4-10(5-3-9)6-12(15)13-7-11(14)8-16-13/h2-5,7-8H,6H2,1H3. The maximum absolute atomic E-state index is 11.9. The van der Waals surface area contributed by atoms with Crippen LogP contribution in [-0.2, 0) is 6.42 Å². The third kappa shape index (κ3) is 2.80. The molecule has 1 aromatic heterocycles. The molecule has 0 bridgehead atoms. The Morgan fingerprint density at radius 1 is 1.31 bits per heavy atom. The zero-order chi connectivity index (χ0) is 11.5. The average molecular weight is 295 g/mol. The van der Waals surface area contributed by atoms with Crippen LogP contribution in [0.2, 0.25) is 0 Å². The summed E-state index contributed by atoms with van der Waals surface area (Å²) in [7, 11) is 0. The number of thiophene rings is 1. The Morgan fingerprint density at radius 3 is 2.56 bits per heavy atom. The van der Waals surface area contributed by atoms with Crippen molar-refractivity contribution in [3.63, 3.8) is 0 Å². The van der Waals surface area contributed by atoms with Crippen LogP contribution >= 0.6 is 27.3 Å². The van der Waals surface area contributed by atoms with Gasteiger partial charge in [0.25, 0.3) is 0 Å². The van der Waals surface area contributed by atoms with E-state index in [1.54, 1.807) is 0 Å². The van der Waals surface area contributed by atoms with Gasteiger partial charge in [-0.1, -0.05) is 29.8 Å². The molecule has 1 aromatic carbocycles. The van der Waals surface area contributed by atoms with E-state index in [4.69, 9.17) is 0 Å². The van der Waals surface area contributed by atoms with E-state index in [2.05, 4.69) is 15.9 Å². The van der Waals surface area contributed by atoms with E-state index in [1.165, 1.54) is 16.9 Å². The molecule has 16 heavy (non-hydrogen) atoms. The summed E-state index contributed by atoms with van der Waals surface area (Å²) in [5.74, 6) is 0.180. The minimum absolute atomic E-state index is 0.180. The highest BCUT2D eigenvalue weighted by atomic mass is 79.9. The third-order valence-electron chi connectivity index (χ3n) is 2.33.